The van der Waals surface area contributed by atoms with Gasteiger partial charge in [0.15, 0.2) is 4.98 Å². The predicted octanol–water partition coefficient (Wildman–Crippen LogP) is 3.48. The molecule has 0 radical (unpaired) electrons. The summed E-state index contributed by atoms with van der Waals surface area (Å²) in [5.74, 6) is 0.757. The van der Waals surface area contributed by atoms with Gasteiger partial charge in [-0.05, 0) is 12.1 Å². The molecule has 82 valence electrons. The molecular weight excluding hydrogens is 216 g/mol. The number of hydrogen-bond donors (Lipinski definition) is 0. The summed E-state index contributed by atoms with van der Waals surface area (Å²) in [5, 5.41) is 8.29. The zero-order chi connectivity index (χ0) is 11.9. The molecule has 1 rings (SSSR count). The number of nitrogens with zero attached hydrogens (tertiary/aromatic N) is 2. The summed E-state index contributed by atoms with van der Waals surface area (Å²) < 4.78 is 43.9. The van der Waals surface area contributed by atoms with Crippen LogP contribution in [0.25, 0.3) is 4.98 Å². The maximum atomic E-state index is 9.75. The molecule has 3 nitrogen and oxygen atoms in total. The predicted molar refractivity (Wildman–Crippen MR) is 47.9 cm³/mol. The van der Waals surface area contributed by atoms with Crippen molar-refractivity contribution < 1.29 is 22.0 Å². The van der Waals surface area contributed by atoms with E-state index in [0.29, 0.717) is 5.69 Å². The van der Waals surface area contributed by atoms with Gasteiger partial charge in [0, 0.05) is 12.1 Å². The molecule has 0 amide bonds. The normalized spacial score (nSPS) is 9.60. The van der Waals surface area contributed by atoms with Crippen molar-refractivity contribution in [2.75, 3.05) is 7.11 Å². The van der Waals surface area contributed by atoms with E-state index in [4.69, 9.17) is 10.1 Å². The summed E-state index contributed by atoms with van der Waals surface area (Å²) in [7, 11) is -4.41. The smallest absolute Gasteiger partial charge is 0.497 e. The highest BCUT2D eigenvalue weighted by Crippen LogP contribution is 2.16. The first-order valence-electron chi connectivity index (χ1n) is 3.73. The van der Waals surface area contributed by atoms with Gasteiger partial charge in [-0.15, -0.1) is 0 Å². The van der Waals surface area contributed by atoms with Crippen LogP contribution in [0.1, 0.15) is 0 Å². The number of methoxy groups -OCH3 is 1. The van der Waals surface area contributed by atoms with Gasteiger partial charge in [0.1, 0.15) is 5.75 Å². The van der Waals surface area contributed by atoms with Crippen molar-refractivity contribution in [2.24, 2.45) is 0 Å². The van der Waals surface area contributed by atoms with Crippen LogP contribution in [0.2, 0.25) is 0 Å². The van der Waals surface area contributed by atoms with Crippen LogP contribution in [0.15, 0.2) is 24.3 Å². The maximum absolute atomic E-state index is 9.75. The van der Waals surface area contributed by atoms with Crippen molar-refractivity contribution in [1.82, 2.24) is 0 Å². The number of halogens is 4. The fraction of sp³-hybridized carbons (Fsp3) is 0.143. The number of hydrogen-bond acceptors (Lipinski definition) is 2. The Kier molecular flexibility index (Phi) is 5.16. The summed E-state index contributed by atoms with van der Waals surface area (Å²) in [6.45, 7) is 0. The summed E-state index contributed by atoms with van der Waals surface area (Å²) in [6.07, 6.45) is 0. The molecule has 0 aliphatic rings. The van der Waals surface area contributed by atoms with Crippen LogP contribution in [0.3, 0.4) is 0 Å². The van der Waals surface area contributed by atoms with Crippen LogP contribution >= 0.6 is 0 Å². The van der Waals surface area contributed by atoms with Gasteiger partial charge in [-0.2, -0.15) is 0 Å². The van der Waals surface area contributed by atoms with E-state index >= 15 is 0 Å². The Labute approximate surface area is 83.4 Å². The van der Waals surface area contributed by atoms with Crippen molar-refractivity contribution in [3.8, 4) is 5.75 Å². The van der Waals surface area contributed by atoms with E-state index in [1.807, 2.05) is 0 Å². The standard InChI is InChI=1S/C7H7N2O.BF4/c1-10-7-4-2-6(9-8)3-5-7;2-1(3,4)5/h2-5H,1H3;/q+1;-1/i8+1;. The molecule has 0 bridgehead atoms. The Bertz CT molecular complexity index is 326. The fourth-order valence-corrected chi connectivity index (χ4v) is 0.649. The lowest BCUT2D eigenvalue weighted by Crippen LogP contribution is -2.02. The molecule has 8 heteroatoms. The Hall–Kier alpha value is -1.78. The minimum Gasteiger partial charge on any atom is -0.497 e. The molecule has 0 saturated carbocycles. The van der Waals surface area contributed by atoms with Gasteiger partial charge in [0.05, 0.1) is 7.11 Å². The number of rotatable bonds is 1. The van der Waals surface area contributed by atoms with Gasteiger partial charge in [-0.3, -0.25) is 0 Å². The van der Waals surface area contributed by atoms with Crippen molar-refractivity contribution in [1.29, 1.82) is 5.39 Å². The summed E-state index contributed by atoms with van der Waals surface area (Å²) in [5.41, 5.74) is 0.529. The molecule has 0 saturated heterocycles. The molecule has 0 heterocycles. The fourth-order valence-electron chi connectivity index (χ4n) is 0.649. The Morgan fingerprint density at radius 1 is 1.13 bits per heavy atom. The zero-order valence-corrected chi connectivity index (χ0v) is 7.70. The summed E-state index contributed by atoms with van der Waals surface area (Å²) >= 11 is 0. The van der Waals surface area contributed by atoms with Crippen LogP contribution in [0, 0.1) is 5.39 Å². The molecule has 0 spiro atoms. The lowest BCUT2D eigenvalue weighted by Gasteiger charge is -1.94. The van der Waals surface area contributed by atoms with Gasteiger partial charge in [0.2, 0.25) is 5.39 Å². The first-order valence-corrected chi connectivity index (χ1v) is 3.73. The van der Waals surface area contributed by atoms with E-state index in [9.17, 15) is 17.3 Å². The quantitative estimate of drug-likeness (QED) is 0.316. The highest BCUT2D eigenvalue weighted by Gasteiger charge is 2.20. The SMILES string of the molecule is COc1ccc([N+]#[15N])cc1.F[B-](F)(F)F. The van der Waals surface area contributed by atoms with Gasteiger partial charge in [-0.1, -0.05) is 0 Å². The number of diazo groups is 1. The third-order valence-corrected chi connectivity index (χ3v) is 1.19. The molecule has 15 heavy (non-hydrogen) atoms. The minimum absolute atomic E-state index is 0.529. The van der Waals surface area contributed by atoms with Crippen molar-refractivity contribution in [3.05, 3.63) is 29.2 Å². The first-order chi connectivity index (χ1) is 6.86. The minimum atomic E-state index is -6.00. The largest absolute Gasteiger partial charge is 0.673 e. The van der Waals surface area contributed by atoms with E-state index in [2.05, 4.69) is 4.98 Å². The third kappa shape index (κ3) is 8.55. The third-order valence-electron chi connectivity index (χ3n) is 1.19. The monoisotopic (exact) mass is 223 g/mol. The molecule has 0 aromatic heterocycles. The van der Waals surface area contributed by atoms with Crippen molar-refractivity contribution in [3.63, 3.8) is 0 Å². The van der Waals surface area contributed by atoms with Gasteiger partial charge in [0.25, 0.3) is 0 Å². The van der Waals surface area contributed by atoms with Crippen LogP contribution in [-0.2, 0) is 0 Å². The first kappa shape index (κ1) is 13.2. The van der Waals surface area contributed by atoms with Crippen LogP contribution in [-0.4, -0.2) is 14.4 Å². The van der Waals surface area contributed by atoms with Crippen LogP contribution in [0.4, 0.5) is 23.0 Å². The lowest BCUT2D eigenvalue weighted by atomic mass is 10.3. The van der Waals surface area contributed by atoms with E-state index in [-0.39, 0.29) is 0 Å². The lowest BCUT2D eigenvalue weighted by molar-refractivity contribution is 0.368. The van der Waals surface area contributed by atoms with E-state index < -0.39 is 7.25 Å². The average Bonchev–Trinajstić information content (AvgIpc) is 2.15. The number of benzene rings is 1. The molecule has 1 aromatic carbocycles. The maximum Gasteiger partial charge on any atom is 0.673 e. The summed E-state index contributed by atoms with van der Waals surface area (Å²) in [6, 6.07) is 6.79. The topological polar surface area (TPSA) is 37.4 Å². The van der Waals surface area contributed by atoms with Gasteiger partial charge in [-0.25, -0.2) is 0 Å². The van der Waals surface area contributed by atoms with E-state index in [0.717, 1.165) is 5.75 Å². The molecule has 0 fully saturated rings. The molecular formula is C7H7BF4N2O. The molecule has 0 aliphatic carbocycles. The van der Waals surface area contributed by atoms with Gasteiger partial charge < -0.3 is 22.0 Å². The van der Waals surface area contributed by atoms with E-state index in [1.165, 1.54) is 0 Å². The van der Waals surface area contributed by atoms with E-state index in [1.54, 1.807) is 31.4 Å². The molecule has 0 unspecified atom stereocenters. The van der Waals surface area contributed by atoms with Crippen molar-refractivity contribution in [2.45, 2.75) is 0 Å². The van der Waals surface area contributed by atoms with Crippen LogP contribution < -0.4 is 4.74 Å². The number of ether oxygens (including phenoxy) is 1. The Morgan fingerprint density at radius 3 is 1.80 bits per heavy atom. The molecule has 0 aliphatic heterocycles. The molecule has 0 N–H and O–H groups in total. The highest BCUT2D eigenvalue weighted by molar-refractivity contribution is 6.50. The highest BCUT2D eigenvalue weighted by atomic mass is 19.5. The summed E-state index contributed by atoms with van der Waals surface area (Å²) in [4.78, 5) is 2.99. The molecule has 1 aromatic rings. The molecule has 0 atom stereocenters. The second kappa shape index (κ2) is 5.85. The average molecular weight is 223 g/mol. The Balaban J connectivity index is 0.000000336. The second-order valence-electron chi connectivity index (χ2n) is 2.29. The van der Waals surface area contributed by atoms with Crippen molar-refractivity contribution >= 4 is 12.9 Å². The van der Waals surface area contributed by atoms with Crippen LogP contribution in [0.5, 0.6) is 5.75 Å². The Morgan fingerprint density at radius 2 is 1.53 bits per heavy atom. The van der Waals surface area contributed by atoms with Gasteiger partial charge >= 0.3 is 12.9 Å². The zero-order valence-electron chi connectivity index (χ0n) is 7.70. The second-order valence-corrected chi connectivity index (χ2v) is 2.29.